The van der Waals surface area contributed by atoms with E-state index in [0.29, 0.717) is 11.2 Å². The molecule has 2 aliphatic rings. The van der Waals surface area contributed by atoms with E-state index in [1.807, 2.05) is 11.4 Å². The van der Waals surface area contributed by atoms with Crippen LogP contribution in [0.4, 0.5) is 0 Å². The second-order valence-corrected chi connectivity index (χ2v) is 7.53. The minimum Gasteiger partial charge on any atom is -0.377 e. The van der Waals surface area contributed by atoms with Crippen LogP contribution >= 0.6 is 11.3 Å². The SMILES string of the molecule is O=c1[nH]c(CN(C[C@H]2CCCO2)C[C@@H]2CCCO2)nc2ccsc12. The standard InChI is InChI=1S/C17H23N3O3S/c21-17-16-14(5-8-24-16)18-15(19-17)11-20(9-12-3-1-6-22-12)10-13-4-2-7-23-13/h5,8,12-13H,1-4,6-7,9-11H2,(H,18,19,21)/t12-,13+. The van der Waals surface area contributed by atoms with Gasteiger partial charge in [-0.25, -0.2) is 4.98 Å². The molecular formula is C17H23N3O3S. The van der Waals surface area contributed by atoms with Crippen molar-refractivity contribution in [1.29, 1.82) is 0 Å². The topological polar surface area (TPSA) is 67.5 Å². The Balaban J connectivity index is 1.50. The summed E-state index contributed by atoms with van der Waals surface area (Å²) in [7, 11) is 0. The summed E-state index contributed by atoms with van der Waals surface area (Å²) in [6, 6.07) is 1.91. The van der Waals surface area contributed by atoms with Crippen LogP contribution in [0, 0.1) is 0 Å². The molecule has 0 unspecified atom stereocenters. The van der Waals surface area contributed by atoms with Crippen LogP contribution in [0.3, 0.4) is 0 Å². The van der Waals surface area contributed by atoms with E-state index in [0.717, 1.165) is 63.3 Å². The van der Waals surface area contributed by atoms with Gasteiger partial charge in [0.2, 0.25) is 0 Å². The quantitative estimate of drug-likeness (QED) is 0.865. The molecule has 2 aromatic heterocycles. The molecule has 0 radical (unpaired) electrons. The van der Waals surface area contributed by atoms with Crippen molar-refractivity contribution >= 4 is 21.6 Å². The van der Waals surface area contributed by atoms with Crippen LogP contribution in [-0.2, 0) is 16.0 Å². The van der Waals surface area contributed by atoms with Gasteiger partial charge in [0, 0.05) is 26.3 Å². The molecule has 24 heavy (non-hydrogen) atoms. The normalized spacial score (nSPS) is 24.4. The van der Waals surface area contributed by atoms with Gasteiger partial charge in [-0.3, -0.25) is 9.69 Å². The van der Waals surface area contributed by atoms with Gasteiger partial charge < -0.3 is 14.5 Å². The number of thiophene rings is 1. The lowest BCUT2D eigenvalue weighted by Gasteiger charge is -2.27. The highest BCUT2D eigenvalue weighted by Gasteiger charge is 2.24. The summed E-state index contributed by atoms with van der Waals surface area (Å²) in [4.78, 5) is 22.1. The van der Waals surface area contributed by atoms with Crippen LogP contribution in [0.5, 0.6) is 0 Å². The van der Waals surface area contributed by atoms with Crippen LogP contribution in [0.2, 0.25) is 0 Å². The van der Waals surface area contributed by atoms with Crippen molar-refractivity contribution in [3.63, 3.8) is 0 Å². The maximum Gasteiger partial charge on any atom is 0.268 e. The van der Waals surface area contributed by atoms with E-state index in [1.54, 1.807) is 0 Å². The molecule has 0 aliphatic carbocycles. The molecule has 1 N–H and O–H groups in total. The van der Waals surface area contributed by atoms with Gasteiger partial charge in [0.25, 0.3) is 5.56 Å². The molecule has 2 saturated heterocycles. The Morgan fingerprint density at radius 2 is 1.92 bits per heavy atom. The fourth-order valence-electron chi connectivity index (χ4n) is 3.56. The van der Waals surface area contributed by atoms with Crippen molar-refractivity contribution in [2.24, 2.45) is 0 Å². The first-order valence-electron chi connectivity index (χ1n) is 8.70. The number of hydrogen-bond donors (Lipinski definition) is 1. The van der Waals surface area contributed by atoms with Crippen molar-refractivity contribution in [2.45, 2.75) is 44.4 Å². The number of ether oxygens (including phenoxy) is 2. The molecular weight excluding hydrogens is 326 g/mol. The number of nitrogens with one attached hydrogen (secondary N) is 1. The number of aromatic nitrogens is 2. The number of rotatable bonds is 6. The summed E-state index contributed by atoms with van der Waals surface area (Å²) in [5, 5.41) is 1.91. The van der Waals surface area contributed by atoms with E-state index in [4.69, 9.17) is 9.47 Å². The van der Waals surface area contributed by atoms with Gasteiger partial charge in [-0.2, -0.15) is 0 Å². The van der Waals surface area contributed by atoms with Gasteiger partial charge in [0.1, 0.15) is 10.5 Å². The summed E-state index contributed by atoms with van der Waals surface area (Å²) in [6.45, 7) is 4.07. The summed E-state index contributed by atoms with van der Waals surface area (Å²) >= 11 is 1.43. The molecule has 0 spiro atoms. The molecule has 0 amide bonds. The molecule has 0 bridgehead atoms. The van der Waals surface area contributed by atoms with Crippen molar-refractivity contribution in [3.05, 3.63) is 27.6 Å². The zero-order chi connectivity index (χ0) is 16.4. The number of hydrogen-bond acceptors (Lipinski definition) is 6. The third-order valence-electron chi connectivity index (χ3n) is 4.71. The van der Waals surface area contributed by atoms with E-state index in [1.165, 1.54) is 11.3 Å². The largest absolute Gasteiger partial charge is 0.377 e. The van der Waals surface area contributed by atoms with Crippen LogP contribution in [0.15, 0.2) is 16.2 Å². The van der Waals surface area contributed by atoms with Crippen molar-refractivity contribution in [3.8, 4) is 0 Å². The second-order valence-electron chi connectivity index (χ2n) is 6.61. The Hall–Kier alpha value is -1.28. The first kappa shape index (κ1) is 16.2. The van der Waals surface area contributed by atoms with Crippen molar-refractivity contribution < 1.29 is 9.47 Å². The van der Waals surface area contributed by atoms with Gasteiger partial charge in [-0.15, -0.1) is 11.3 Å². The molecule has 4 rings (SSSR count). The number of nitrogens with zero attached hydrogens (tertiary/aromatic N) is 2. The minimum atomic E-state index is -0.0424. The first-order chi connectivity index (χ1) is 11.8. The molecule has 6 nitrogen and oxygen atoms in total. The Kier molecular flexibility index (Phi) is 4.93. The number of aromatic amines is 1. The number of H-pyrrole nitrogens is 1. The average Bonchev–Trinajstić information content (AvgIpc) is 3.28. The molecule has 0 aromatic carbocycles. The minimum absolute atomic E-state index is 0.0424. The first-order valence-corrected chi connectivity index (χ1v) is 9.58. The van der Waals surface area contributed by atoms with E-state index < -0.39 is 0 Å². The average molecular weight is 349 g/mol. The van der Waals surface area contributed by atoms with Crippen LogP contribution in [-0.4, -0.2) is 53.4 Å². The van der Waals surface area contributed by atoms with Crippen LogP contribution < -0.4 is 5.56 Å². The third kappa shape index (κ3) is 3.69. The van der Waals surface area contributed by atoms with E-state index >= 15 is 0 Å². The van der Waals surface area contributed by atoms with Crippen LogP contribution in [0.1, 0.15) is 31.5 Å². The van der Waals surface area contributed by atoms with Gasteiger partial charge in [-0.05, 0) is 37.1 Å². The van der Waals surface area contributed by atoms with Crippen molar-refractivity contribution in [2.75, 3.05) is 26.3 Å². The summed E-state index contributed by atoms with van der Waals surface area (Å²) in [6.07, 6.45) is 5.04. The monoisotopic (exact) mass is 349 g/mol. The van der Waals surface area contributed by atoms with Crippen LogP contribution in [0.25, 0.3) is 10.2 Å². The highest BCUT2D eigenvalue weighted by atomic mass is 32.1. The molecule has 0 saturated carbocycles. The molecule has 2 aromatic rings. The lowest BCUT2D eigenvalue weighted by molar-refractivity contribution is 0.0336. The second kappa shape index (κ2) is 7.31. The lowest BCUT2D eigenvalue weighted by atomic mass is 10.2. The van der Waals surface area contributed by atoms with E-state index in [2.05, 4.69) is 14.9 Å². The Labute approximate surface area is 144 Å². The number of fused-ring (bicyclic) bond motifs is 1. The smallest absolute Gasteiger partial charge is 0.268 e. The molecule has 2 aliphatic heterocycles. The third-order valence-corrected chi connectivity index (χ3v) is 5.61. The fourth-order valence-corrected chi connectivity index (χ4v) is 4.29. The summed E-state index contributed by atoms with van der Waals surface area (Å²) in [5.41, 5.74) is 0.743. The Morgan fingerprint density at radius 1 is 1.21 bits per heavy atom. The fraction of sp³-hybridized carbons (Fsp3) is 0.647. The maximum absolute atomic E-state index is 12.2. The maximum atomic E-state index is 12.2. The Bertz CT molecular complexity index is 714. The zero-order valence-electron chi connectivity index (χ0n) is 13.7. The Morgan fingerprint density at radius 3 is 2.54 bits per heavy atom. The highest BCUT2D eigenvalue weighted by Crippen LogP contribution is 2.19. The molecule has 130 valence electrons. The zero-order valence-corrected chi connectivity index (χ0v) is 14.5. The predicted octanol–water partition coefficient (Wildman–Crippen LogP) is 2.14. The highest BCUT2D eigenvalue weighted by molar-refractivity contribution is 7.17. The molecule has 7 heteroatoms. The summed E-state index contributed by atoms with van der Waals surface area (Å²) < 4.78 is 12.3. The van der Waals surface area contributed by atoms with Gasteiger partial charge in [0.15, 0.2) is 0 Å². The van der Waals surface area contributed by atoms with E-state index in [-0.39, 0.29) is 17.8 Å². The lowest BCUT2D eigenvalue weighted by Crippen LogP contribution is -2.38. The van der Waals surface area contributed by atoms with Gasteiger partial charge in [-0.1, -0.05) is 0 Å². The molecule has 4 heterocycles. The van der Waals surface area contributed by atoms with Gasteiger partial charge in [0.05, 0.1) is 24.3 Å². The predicted molar refractivity (Wildman–Crippen MR) is 93.5 cm³/mol. The summed E-state index contributed by atoms with van der Waals surface area (Å²) in [5.74, 6) is 0.724. The molecule has 2 atom stereocenters. The molecule has 2 fully saturated rings. The van der Waals surface area contributed by atoms with E-state index in [9.17, 15) is 4.79 Å². The van der Waals surface area contributed by atoms with Crippen molar-refractivity contribution in [1.82, 2.24) is 14.9 Å². The van der Waals surface area contributed by atoms with Gasteiger partial charge >= 0.3 is 0 Å².